The highest BCUT2D eigenvalue weighted by atomic mass is 79.9. The van der Waals surface area contributed by atoms with Crippen LogP contribution in [0.2, 0.25) is 0 Å². The smallest absolute Gasteiger partial charge is 0.305 e. The van der Waals surface area contributed by atoms with Gasteiger partial charge in [0.1, 0.15) is 0 Å². The second-order valence-corrected chi connectivity index (χ2v) is 4.53. The Bertz CT molecular complexity index is 449. The second kappa shape index (κ2) is 7.00. The highest BCUT2D eigenvalue weighted by molar-refractivity contribution is 9.10. The van der Waals surface area contributed by atoms with Crippen molar-refractivity contribution >= 4 is 33.5 Å². The third-order valence-electron chi connectivity index (χ3n) is 2.33. The summed E-state index contributed by atoms with van der Waals surface area (Å²) in [7, 11) is 1.34. The molecule has 0 atom stereocenters. The number of hydrogen-bond donors (Lipinski definition) is 2. The van der Waals surface area contributed by atoms with E-state index in [1.165, 1.54) is 7.11 Å². The van der Waals surface area contributed by atoms with Crippen molar-refractivity contribution in [3.8, 4) is 0 Å². The van der Waals surface area contributed by atoms with Crippen LogP contribution in [-0.4, -0.2) is 25.5 Å². The minimum absolute atomic E-state index is 0.209. The number of methoxy groups -OCH3 is 1. The lowest BCUT2D eigenvalue weighted by Crippen LogP contribution is -2.25. The molecule has 18 heavy (non-hydrogen) atoms. The van der Waals surface area contributed by atoms with Crippen molar-refractivity contribution in [2.45, 2.75) is 12.8 Å². The number of benzene rings is 1. The molecule has 98 valence electrons. The number of amides is 1. The number of esters is 1. The SMILES string of the molecule is COC(=O)CCCNC(=O)c1ccc(Br)c(N)c1. The van der Waals surface area contributed by atoms with Crippen molar-refractivity contribution in [1.29, 1.82) is 0 Å². The van der Waals surface area contributed by atoms with Crippen LogP contribution in [0.15, 0.2) is 22.7 Å². The lowest BCUT2D eigenvalue weighted by molar-refractivity contribution is -0.140. The van der Waals surface area contributed by atoms with Crippen LogP contribution in [0.4, 0.5) is 5.69 Å². The summed E-state index contributed by atoms with van der Waals surface area (Å²) in [4.78, 5) is 22.6. The molecule has 0 fully saturated rings. The monoisotopic (exact) mass is 314 g/mol. The summed E-state index contributed by atoms with van der Waals surface area (Å²) >= 11 is 3.26. The first-order valence-electron chi connectivity index (χ1n) is 5.44. The molecule has 5 nitrogen and oxygen atoms in total. The molecule has 1 aromatic carbocycles. The summed E-state index contributed by atoms with van der Waals surface area (Å²) < 4.78 is 5.25. The third kappa shape index (κ3) is 4.37. The van der Waals surface area contributed by atoms with Gasteiger partial charge in [0, 0.05) is 28.7 Å². The Hall–Kier alpha value is -1.56. The van der Waals surface area contributed by atoms with Gasteiger partial charge >= 0.3 is 5.97 Å². The molecule has 0 saturated heterocycles. The molecule has 0 saturated carbocycles. The molecule has 0 heterocycles. The summed E-state index contributed by atoms with van der Waals surface area (Å²) in [6, 6.07) is 4.99. The van der Waals surface area contributed by atoms with E-state index >= 15 is 0 Å². The Morgan fingerprint density at radius 1 is 1.44 bits per heavy atom. The third-order valence-corrected chi connectivity index (χ3v) is 3.05. The van der Waals surface area contributed by atoms with Gasteiger partial charge in [0.2, 0.25) is 0 Å². The van der Waals surface area contributed by atoms with Crippen molar-refractivity contribution in [1.82, 2.24) is 5.32 Å². The number of carbonyl (C=O) groups is 2. The first kappa shape index (κ1) is 14.5. The number of nitrogens with two attached hydrogens (primary N) is 1. The van der Waals surface area contributed by atoms with Crippen LogP contribution in [0.5, 0.6) is 0 Å². The van der Waals surface area contributed by atoms with Gasteiger partial charge in [-0.25, -0.2) is 0 Å². The molecule has 0 bridgehead atoms. The van der Waals surface area contributed by atoms with E-state index in [9.17, 15) is 9.59 Å². The Balaban J connectivity index is 2.41. The van der Waals surface area contributed by atoms with E-state index in [0.29, 0.717) is 30.6 Å². The zero-order valence-corrected chi connectivity index (χ0v) is 11.6. The quantitative estimate of drug-likeness (QED) is 0.492. The predicted molar refractivity (Wildman–Crippen MR) is 72.1 cm³/mol. The molecular weight excluding hydrogens is 300 g/mol. The summed E-state index contributed by atoms with van der Waals surface area (Å²) in [5.41, 5.74) is 6.69. The van der Waals surface area contributed by atoms with E-state index in [0.717, 1.165) is 4.47 Å². The fourth-order valence-electron chi connectivity index (χ4n) is 1.32. The molecule has 3 N–H and O–H groups in total. The van der Waals surface area contributed by atoms with Gasteiger partial charge < -0.3 is 15.8 Å². The van der Waals surface area contributed by atoms with Gasteiger partial charge in [-0.1, -0.05) is 0 Å². The van der Waals surface area contributed by atoms with Crippen molar-refractivity contribution in [2.24, 2.45) is 0 Å². The largest absolute Gasteiger partial charge is 0.469 e. The van der Waals surface area contributed by atoms with Crippen LogP contribution in [0.25, 0.3) is 0 Å². The van der Waals surface area contributed by atoms with Gasteiger partial charge in [-0.15, -0.1) is 0 Å². The molecule has 0 aliphatic rings. The number of ether oxygens (including phenoxy) is 1. The highest BCUT2D eigenvalue weighted by Crippen LogP contribution is 2.20. The molecule has 0 unspecified atom stereocenters. The number of hydrogen-bond acceptors (Lipinski definition) is 4. The number of nitrogen functional groups attached to an aromatic ring is 1. The Morgan fingerprint density at radius 2 is 2.17 bits per heavy atom. The summed E-state index contributed by atoms with van der Waals surface area (Å²) in [6.07, 6.45) is 0.837. The van der Waals surface area contributed by atoms with Gasteiger partial charge in [-0.2, -0.15) is 0 Å². The molecule has 1 aromatic rings. The number of anilines is 1. The summed E-state index contributed by atoms with van der Waals surface area (Å²) in [6.45, 7) is 0.421. The minimum Gasteiger partial charge on any atom is -0.469 e. The van der Waals surface area contributed by atoms with Crippen LogP contribution < -0.4 is 11.1 Å². The van der Waals surface area contributed by atoms with E-state index in [2.05, 4.69) is 26.0 Å². The first-order valence-corrected chi connectivity index (χ1v) is 6.24. The van der Waals surface area contributed by atoms with E-state index in [4.69, 9.17) is 5.73 Å². The van der Waals surface area contributed by atoms with Gasteiger partial charge in [0.25, 0.3) is 5.91 Å². The van der Waals surface area contributed by atoms with Crippen molar-refractivity contribution in [2.75, 3.05) is 19.4 Å². The molecular formula is C12H15BrN2O3. The highest BCUT2D eigenvalue weighted by Gasteiger charge is 2.07. The fourth-order valence-corrected chi connectivity index (χ4v) is 1.57. The molecule has 0 aromatic heterocycles. The van der Waals surface area contributed by atoms with E-state index < -0.39 is 0 Å². The number of halogens is 1. The van der Waals surface area contributed by atoms with Crippen LogP contribution in [0.3, 0.4) is 0 Å². The maximum atomic E-state index is 11.7. The van der Waals surface area contributed by atoms with Gasteiger partial charge in [-0.05, 0) is 40.5 Å². The fraction of sp³-hybridized carbons (Fsp3) is 0.333. The maximum absolute atomic E-state index is 11.7. The molecule has 1 amide bonds. The first-order chi connectivity index (χ1) is 8.54. The molecule has 6 heteroatoms. The predicted octanol–water partition coefficient (Wildman–Crippen LogP) is 1.71. The van der Waals surface area contributed by atoms with E-state index in [-0.39, 0.29) is 11.9 Å². The normalized spacial score (nSPS) is 9.89. The molecule has 0 aliphatic heterocycles. The van der Waals surface area contributed by atoms with Gasteiger partial charge in [-0.3, -0.25) is 9.59 Å². The van der Waals surface area contributed by atoms with Crippen molar-refractivity contribution in [3.63, 3.8) is 0 Å². The standard InChI is InChI=1S/C12H15BrN2O3/c1-18-11(16)3-2-6-15-12(17)8-4-5-9(13)10(14)7-8/h4-5,7H,2-3,6,14H2,1H3,(H,15,17). The maximum Gasteiger partial charge on any atom is 0.305 e. The Morgan fingerprint density at radius 3 is 2.78 bits per heavy atom. The number of carbonyl (C=O) groups excluding carboxylic acids is 2. The molecule has 1 rings (SSSR count). The summed E-state index contributed by atoms with van der Waals surface area (Å²) in [5.74, 6) is -0.490. The molecule has 0 aliphatic carbocycles. The lowest BCUT2D eigenvalue weighted by Gasteiger charge is -2.06. The van der Waals surface area contributed by atoms with Crippen molar-refractivity contribution in [3.05, 3.63) is 28.2 Å². The average Bonchev–Trinajstić information content (AvgIpc) is 2.37. The minimum atomic E-state index is -0.280. The van der Waals surface area contributed by atoms with E-state index in [1.807, 2.05) is 0 Å². The lowest BCUT2D eigenvalue weighted by atomic mass is 10.2. The molecule has 0 radical (unpaired) electrons. The van der Waals surface area contributed by atoms with Crippen molar-refractivity contribution < 1.29 is 14.3 Å². The number of nitrogens with one attached hydrogen (secondary N) is 1. The molecule has 0 spiro atoms. The Kier molecular flexibility index (Phi) is 5.64. The van der Waals surface area contributed by atoms with Gasteiger partial charge in [0.05, 0.1) is 7.11 Å². The number of rotatable bonds is 5. The topological polar surface area (TPSA) is 81.4 Å². The average molecular weight is 315 g/mol. The van der Waals surface area contributed by atoms with Crippen LogP contribution in [-0.2, 0) is 9.53 Å². The second-order valence-electron chi connectivity index (χ2n) is 3.67. The zero-order valence-electron chi connectivity index (χ0n) is 10.0. The zero-order chi connectivity index (χ0) is 13.5. The Labute approximate surface area is 114 Å². The van der Waals surface area contributed by atoms with Gasteiger partial charge in [0.15, 0.2) is 0 Å². The van der Waals surface area contributed by atoms with Crippen LogP contribution in [0.1, 0.15) is 23.2 Å². The van der Waals surface area contributed by atoms with Crippen LogP contribution >= 0.6 is 15.9 Å². The summed E-state index contributed by atoms with van der Waals surface area (Å²) in [5, 5.41) is 2.71. The van der Waals surface area contributed by atoms with E-state index in [1.54, 1.807) is 18.2 Å². The van der Waals surface area contributed by atoms with Crippen LogP contribution in [0, 0.1) is 0 Å².